The van der Waals surface area contributed by atoms with Crippen molar-refractivity contribution in [1.29, 1.82) is 0 Å². The molecule has 23 heavy (non-hydrogen) atoms. The van der Waals surface area contributed by atoms with Gasteiger partial charge in [0.2, 0.25) is 0 Å². The Hall–Kier alpha value is -2.27. The number of benzene rings is 1. The molecule has 0 spiro atoms. The maximum absolute atomic E-state index is 12.4. The molecule has 0 saturated heterocycles. The van der Waals surface area contributed by atoms with Crippen molar-refractivity contribution in [1.82, 2.24) is 4.90 Å². The van der Waals surface area contributed by atoms with Gasteiger partial charge in [-0.3, -0.25) is 4.79 Å². The van der Waals surface area contributed by atoms with Gasteiger partial charge in [-0.05, 0) is 43.2 Å². The van der Waals surface area contributed by atoms with Gasteiger partial charge in [-0.2, -0.15) is 0 Å². The first-order chi connectivity index (χ1) is 11.1. The van der Waals surface area contributed by atoms with Crippen LogP contribution in [0.5, 0.6) is 5.75 Å². The molecule has 2 rings (SSSR count). The summed E-state index contributed by atoms with van der Waals surface area (Å²) in [5.41, 5.74) is 2.11. The van der Waals surface area contributed by atoms with E-state index in [1.807, 2.05) is 38.1 Å². The Morgan fingerprint density at radius 2 is 2.09 bits per heavy atom. The molecule has 1 aromatic heterocycles. The minimum absolute atomic E-state index is 0.00524. The van der Waals surface area contributed by atoms with E-state index in [0.29, 0.717) is 19.7 Å². The molecule has 0 bridgehead atoms. The van der Waals surface area contributed by atoms with Gasteiger partial charge in [0.05, 0.1) is 19.4 Å². The molecule has 1 amide bonds. The highest BCUT2D eigenvalue weighted by Crippen LogP contribution is 2.19. The van der Waals surface area contributed by atoms with Crippen LogP contribution in [-0.2, 0) is 16.1 Å². The summed E-state index contributed by atoms with van der Waals surface area (Å²) in [7, 11) is 1.61. The van der Waals surface area contributed by atoms with Gasteiger partial charge >= 0.3 is 0 Å². The van der Waals surface area contributed by atoms with E-state index in [1.54, 1.807) is 24.3 Å². The van der Waals surface area contributed by atoms with E-state index >= 15 is 0 Å². The molecule has 5 heteroatoms. The molecule has 0 N–H and O–H groups in total. The predicted octanol–water partition coefficient (Wildman–Crippen LogP) is 2.95. The lowest BCUT2D eigenvalue weighted by Crippen LogP contribution is -2.36. The second-order valence-electron chi connectivity index (χ2n) is 5.45. The summed E-state index contributed by atoms with van der Waals surface area (Å²) in [6, 6.07) is 9.60. The molecule has 0 saturated carbocycles. The molecule has 0 aliphatic carbocycles. The molecule has 0 aliphatic rings. The van der Waals surface area contributed by atoms with Crippen molar-refractivity contribution >= 4 is 5.91 Å². The molecule has 0 aliphatic heterocycles. The average molecular weight is 317 g/mol. The van der Waals surface area contributed by atoms with Gasteiger partial charge in [0, 0.05) is 13.7 Å². The van der Waals surface area contributed by atoms with Crippen LogP contribution in [0.25, 0.3) is 0 Å². The van der Waals surface area contributed by atoms with Crippen molar-refractivity contribution in [2.45, 2.75) is 20.4 Å². The Balaban J connectivity index is 1.97. The average Bonchev–Trinajstić information content (AvgIpc) is 3.05. The smallest absolute Gasteiger partial charge is 0.260 e. The molecule has 0 radical (unpaired) electrons. The first kappa shape index (κ1) is 17.1. The highest BCUT2D eigenvalue weighted by Gasteiger charge is 2.16. The summed E-state index contributed by atoms with van der Waals surface area (Å²) in [5.74, 6) is 1.38. The molecule has 2 aromatic rings. The van der Waals surface area contributed by atoms with Crippen LogP contribution >= 0.6 is 0 Å². The third-order valence-electron chi connectivity index (χ3n) is 3.54. The highest BCUT2D eigenvalue weighted by molar-refractivity contribution is 5.77. The summed E-state index contributed by atoms with van der Waals surface area (Å²) < 4.78 is 16.1. The SMILES string of the molecule is COCCN(Cc1ccco1)C(=O)COc1cc(C)ccc1C. The van der Waals surface area contributed by atoms with Crippen LogP contribution in [0.2, 0.25) is 0 Å². The van der Waals surface area contributed by atoms with Crippen LogP contribution < -0.4 is 4.74 Å². The summed E-state index contributed by atoms with van der Waals surface area (Å²) in [6.45, 7) is 5.32. The Bertz CT molecular complexity index is 622. The van der Waals surface area contributed by atoms with Gasteiger partial charge in [-0.15, -0.1) is 0 Å². The monoisotopic (exact) mass is 317 g/mol. The van der Waals surface area contributed by atoms with E-state index < -0.39 is 0 Å². The Morgan fingerprint density at radius 1 is 1.26 bits per heavy atom. The molecule has 1 aromatic carbocycles. The van der Waals surface area contributed by atoms with Crippen molar-refractivity contribution in [2.24, 2.45) is 0 Å². The quantitative estimate of drug-likeness (QED) is 0.751. The number of hydrogen-bond acceptors (Lipinski definition) is 4. The Morgan fingerprint density at radius 3 is 2.78 bits per heavy atom. The van der Waals surface area contributed by atoms with E-state index in [-0.39, 0.29) is 12.5 Å². The number of hydrogen-bond donors (Lipinski definition) is 0. The number of rotatable bonds is 8. The molecule has 5 nitrogen and oxygen atoms in total. The van der Waals surface area contributed by atoms with Crippen LogP contribution in [0, 0.1) is 13.8 Å². The van der Waals surface area contributed by atoms with Crippen LogP contribution in [0.15, 0.2) is 41.0 Å². The lowest BCUT2D eigenvalue weighted by molar-refractivity contribution is -0.134. The molecule has 0 fully saturated rings. The van der Waals surface area contributed by atoms with Gasteiger partial charge in [0.15, 0.2) is 6.61 Å². The van der Waals surface area contributed by atoms with Crippen molar-refractivity contribution in [3.63, 3.8) is 0 Å². The zero-order chi connectivity index (χ0) is 16.7. The Kier molecular flexibility index (Phi) is 6.23. The summed E-state index contributed by atoms with van der Waals surface area (Å²) in [4.78, 5) is 14.1. The van der Waals surface area contributed by atoms with E-state index in [2.05, 4.69) is 0 Å². The van der Waals surface area contributed by atoms with Crippen molar-refractivity contribution in [2.75, 3.05) is 26.9 Å². The van der Waals surface area contributed by atoms with Gasteiger partial charge < -0.3 is 18.8 Å². The van der Waals surface area contributed by atoms with Gasteiger partial charge in [-0.1, -0.05) is 12.1 Å². The van der Waals surface area contributed by atoms with Crippen molar-refractivity contribution in [3.8, 4) is 5.75 Å². The first-order valence-corrected chi connectivity index (χ1v) is 7.59. The number of furan rings is 1. The summed E-state index contributed by atoms with van der Waals surface area (Å²) in [5, 5.41) is 0. The van der Waals surface area contributed by atoms with Crippen molar-refractivity contribution < 1.29 is 18.7 Å². The number of carbonyl (C=O) groups excluding carboxylic acids is 1. The minimum atomic E-state index is -0.0978. The van der Waals surface area contributed by atoms with Gasteiger partial charge in [0.1, 0.15) is 11.5 Å². The molecular weight excluding hydrogens is 294 g/mol. The normalized spacial score (nSPS) is 10.6. The fraction of sp³-hybridized carbons (Fsp3) is 0.389. The predicted molar refractivity (Wildman–Crippen MR) is 87.4 cm³/mol. The van der Waals surface area contributed by atoms with E-state index in [4.69, 9.17) is 13.9 Å². The number of methoxy groups -OCH3 is 1. The highest BCUT2D eigenvalue weighted by atomic mass is 16.5. The zero-order valence-electron chi connectivity index (χ0n) is 13.9. The molecule has 0 atom stereocenters. The second-order valence-corrected chi connectivity index (χ2v) is 5.45. The number of carbonyl (C=O) groups is 1. The zero-order valence-corrected chi connectivity index (χ0v) is 13.9. The third kappa shape index (κ3) is 5.14. The standard InChI is InChI=1S/C18H23NO4/c1-14-6-7-15(2)17(11-14)23-13-18(20)19(8-10-21-3)12-16-5-4-9-22-16/h4-7,9,11H,8,10,12-13H2,1-3H3. The summed E-state index contributed by atoms with van der Waals surface area (Å²) >= 11 is 0. The Labute approximate surface area is 136 Å². The number of ether oxygens (including phenoxy) is 2. The molecule has 1 heterocycles. The van der Waals surface area contributed by atoms with E-state index in [1.165, 1.54) is 0 Å². The van der Waals surface area contributed by atoms with Crippen LogP contribution in [-0.4, -0.2) is 37.7 Å². The fourth-order valence-electron chi connectivity index (χ4n) is 2.18. The lowest BCUT2D eigenvalue weighted by atomic mass is 10.1. The number of aryl methyl sites for hydroxylation is 2. The maximum Gasteiger partial charge on any atom is 0.260 e. The molecular formula is C18H23NO4. The van der Waals surface area contributed by atoms with Gasteiger partial charge in [0.25, 0.3) is 5.91 Å². The van der Waals surface area contributed by atoms with Crippen molar-refractivity contribution in [3.05, 3.63) is 53.5 Å². The second kappa shape index (κ2) is 8.39. The maximum atomic E-state index is 12.4. The van der Waals surface area contributed by atoms with Crippen LogP contribution in [0.4, 0.5) is 0 Å². The first-order valence-electron chi connectivity index (χ1n) is 7.59. The number of amides is 1. The number of nitrogens with zero attached hydrogens (tertiary/aromatic N) is 1. The lowest BCUT2D eigenvalue weighted by Gasteiger charge is -2.21. The largest absolute Gasteiger partial charge is 0.483 e. The van der Waals surface area contributed by atoms with E-state index in [9.17, 15) is 4.79 Å². The summed E-state index contributed by atoms with van der Waals surface area (Å²) in [6.07, 6.45) is 1.60. The van der Waals surface area contributed by atoms with Crippen LogP contribution in [0.3, 0.4) is 0 Å². The molecule has 124 valence electrons. The molecule has 0 unspecified atom stereocenters. The minimum Gasteiger partial charge on any atom is -0.483 e. The van der Waals surface area contributed by atoms with Gasteiger partial charge in [-0.25, -0.2) is 0 Å². The van der Waals surface area contributed by atoms with E-state index in [0.717, 1.165) is 22.6 Å². The fourth-order valence-corrected chi connectivity index (χ4v) is 2.18. The topological polar surface area (TPSA) is 51.9 Å². The third-order valence-corrected chi connectivity index (χ3v) is 3.54. The van der Waals surface area contributed by atoms with Crippen LogP contribution in [0.1, 0.15) is 16.9 Å².